The molecule has 20 heavy (non-hydrogen) atoms. The predicted octanol–water partition coefficient (Wildman–Crippen LogP) is 2.67. The first-order chi connectivity index (χ1) is 9.63. The van der Waals surface area contributed by atoms with E-state index in [2.05, 4.69) is 17.5 Å². The van der Waals surface area contributed by atoms with Crippen LogP contribution < -0.4 is 5.43 Å². The zero-order chi connectivity index (χ0) is 14.2. The van der Waals surface area contributed by atoms with Crippen molar-refractivity contribution in [1.82, 2.24) is 5.43 Å². The molecule has 2 saturated carbocycles. The number of hydrogen-bond acceptors (Lipinski definition) is 3. The topological polar surface area (TPSA) is 61.7 Å². The fraction of sp³-hybridized carbons (Fsp3) is 0.500. The summed E-state index contributed by atoms with van der Waals surface area (Å²) in [5, 5.41) is 13.6. The lowest BCUT2D eigenvalue weighted by Crippen LogP contribution is -2.22. The lowest BCUT2D eigenvalue weighted by Gasteiger charge is -2.15. The number of hydrazone groups is 1. The summed E-state index contributed by atoms with van der Waals surface area (Å²) < 4.78 is 0. The van der Waals surface area contributed by atoms with Crippen LogP contribution in [0.4, 0.5) is 0 Å². The smallest absolute Gasteiger partial charge is 0.244 e. The average Bonchev–Trinajstić information content (AvgIpc) is 3.06. The van der Waals surface area contributed by atoms with E-state index < -0.39 is 0 Å². The van der Waals surface area contributed by atoms with Crippen molar-refractivity contribution in [2.45, 2.75) is 32.6 Å². The molecule has 0 unspecified atom stereocenters. The highest BCUT2D eigenvalue weighted by Gasteiger charge is 2.64. The van der Waals surface area contributed by atoms with Crippen LogP contribution >= 0.6 is 0 Å². The molecule has 0 heterocycles. The van der Waals surface area contributed by atoms with Gasteiger partial charge in [0.05, 0.1) is 6.21 Å². The minimum absolute atomic E-state index is 0.0195. The second-order valence-electron chi connectivity index (χ2n) is 6.13. The van der Waals surface area contributed by atoms with E-state index in [1.165, 1.54) is 19.1 Å². The molecule has 2 N–H and O–H groups in total. The van der Waals surface area contributed by atoms with Crippen molar-refractivity contribution in [3.63, 3.8) is 0 Å². The summed E-state index contributed by atoms with van der Waals surface area (Å²) in [6.07, 6.45) is 6.28. The largest absolute Gasteiger partial charge is 0.507 e. The fourth-order valence-electron chi connectivity index (χ4n) is 3.68. The van der Waals surface area contributed by atoms with Crippen LogP contribution in [0.3, 0.4) is 0 Å². The van der Waals surface area contributed by atoms with Gasteiger partial charge in [0.2, 0.25) is 5.91 Å². The highest BCUT2D eigenvalue weighted by molar-refractivity contribution is 5.87. The molecule has 1 aromatic rings. The SMILES string of the molecule is C[C@]12CCCC[C@H]1[C@H]2C(=O)N/N=C\c1ccccc1O. The summed E-state index contributed by atoms with van der Waals surface area (Å²) in [7, 11) is 0. The van der Waals surface area contributed by atoms with Crippen molar-refractivity contribution < 1.29 is 9.90 Å². The number of nitrogens with zero attached hydrogens (tertiary/aromatic N) is 1. The van der Waals surface area contributed by atoms with Crippen molar-refractivity contribution >= 4 is 12.1 Å². The predicted molar refractivity (Wildman–Crippen MR) is 77.4 cm³/mol. The maximum absolute atomic E-state index is 12.2. The highest BCUT2D eigenvalue weighted by Crippen LogP contribution is 2.66. The van der Waals surface area contributed by atoms with Crippen LogP contribution in [0.2, 0.25) is 0 Å². The molecule has 3 rings (SSSR count). The number of rotatable bonds is 3. The number of phenolic OH excluding ortho intramolecular Hbond substituents is 1. The molecule has 0 aliphatic heterocycles. The van der Waals surface area contributed by atoms with Crippen molar-refractivity contribution in [3.8, 4) is 5.75 Å². The Morgan fingerprint density at radius 1 is 1.45 bits per heavy atom. The van der Waals surface area contributed by atoms with Crippen LogP contribution in [0.15, 0.2) is 29.4 Å². The summed E-state index contributed by atoms with van der Waals surface area (Å²) in [5.41, 5.74) is 3.43. The molecule has 0 saturated heterocycles. The molecule has 0 spiro atoms. The zero-order valence-corrected chi connectivity index (χ0v) is 11.7. The van der Waals surface area contributed by atoms with Crippen molar-refractivity contribution in [2.24, 2.45) is 22.4 Å². The number of phenols is 1. The summed E-state index contributed by atoms with van der Waals surface area (Å²) in [6.45, 7) is 2.22. The minimum Gasteiger partial charge on any atom is -0.507 e. The Morgan fingerprint density at radius 2 is 2.25 bits per heavy atom. The van der Waals surface area contributed by atoms with Gasteiger partial charge in [-0.2, -0.15) is 5.10 Å². The Labute approximate surface area is 118 Å². The maximum atomic E-state index is 12.2. The fourth-order valence-corrected chi connectivity index (χ4v) is 3.68. The monoisotopic (exact) mass is 272 g/mol. The van der Waals surface area contributed by atoms with E-state index in [1.54, 1.807) is 18.2 Å². The van der Waals surface area contributed by atoms with E-state index in [4.69, 9.17) is 0 Å². The van der Waals surface area contributed by atoms with Gasteiger partial charge in [0.1, 0.15) is 5.75 Å². The normalized spacial score (nSPS) is 31.9. The molecule has 0 bridgehead atoms. The number of hydrogen-bond donors (Lipinski definition) is 2. The van der Waals surface area contributed by atoms with Gasteiger partial charge in [-0.15, -0.1) is 0 Å². The zero-order valence-electron chi connectivity index (χ0n) is 11.7. The van der Waals surface area contributed by atoms with E-state index in [9.17, 15) is 9.90 Å². The van der Waals surface area contributed by atoms with Crippen LogP contribution in [0.1, 0.15) is 38.2 Å². The number of nitrogens with one attached hydrogen (secondary N) is 1. The van der Waals surface area contributed by atoms with E-state index >= 15 is 0 Å². The lowest BCUT2D eigenvalue weighted by molar-refractivity contribution is -0.123. The van der Waals surface area contributed by atoms with Gasteiger partial charge < -0.3 is 5.11 Å². The van der Waals surface area contributed by atoms with Gasteiger partial charge in [0.25, 0.3) is 0 Å². The van der Waals surface area contributed by atoms with Crippen LogP contribution in [0, 0.1) is 17.3 Å². The molecule has 0 radical (unpaired) electrons. The van der Waals surface area contributed by atoms with Gasteiger partial charge in [0.15, 0.2) is 0 Å². The summed E-state index contributed by atoms with van der Waals surface area (Å²) in [5.74, 6) is 0.840. The van der Waals surface area contributed by atoms with E-state index in [0.717, 1.165) is 12.8 Å². The van der Waals surface area contributed by atoms with Gasteiger partial charge >= 0.3 is 0 Å². The molecule has 2 fully saturated rings. The Bertz CT molecular complexity index is 555. The molecule has 4 nitrogen and oxygen atoms in total. The third-order valence-electron chi connectivity index (χ3n) is 4.93. The Kier molecular flexibility index (Phi) is 3.24. The molecule has 0 aromatic heterocycles. The first-order valence-electron chi connectivity index (χ1n) is 7.24. The first-order valence-corrected chi connectivity index (χ1v) is 7.24. The third-order valence-corrected chi connectivity index (χ3v) is 4.93. The number of amides is 1. The van der Waals surface area contributed by atoms with Crippen molar-refractivity contribution in [1.29, 1.82) is 0 Å². The Balaban J connectivity index is 1.60. The van der Waals surface area contributed by atoms with E-state index in [-0.39, 0.29) is 23.0 Å². The third kappa shape index (κ3) is 2.19. The van der Waals surface area contributed by atoms with Gasteiger partial charge in [-0.1, -0.05) is 31.9 Å². The molecule has 4 heteroatoms. The van der Waals surface area contributed by atoms with Crippen LogP contribution in [-0.2, 0) is 4.79 Å². The van der Waals surface area contributed by atoms with Crippen LogP contribution in [0.5, 0.6) is 5.75 Å². The number of benzene rings is 1. The molecule has 106 valence electrons. The number of fused-ring (bicyclic) bond motifs is 1. The Hall–Kier alpha value is -1.84. The van der Waals surface area contributed by atoms with Crippen molar-refractivity contribution in [3.05, 3.63) is 29.8 Å². The van der Waals surface area contributed by atoms with Gasteiger partial charge in [-0.3, -0.25) is 4.79 Å². The van der Waals surface area contributed by atoms with Gasteiger partial charge in [-0.05, 0) is 36.3 Å². The number of aromatic hydroxyl groups is 1. The van der Waals surface area contributed by atoms with Crippen LogP contribution in [-0.4, -0.2) is 17.2 Å². The summed E-state index contributed by atoms with van der Waals surface area (Å²) in [4.78, 5) is 12.2. The van der Waals surface area contributed by atoms with E-state index in [1.807, 2.05) is 6.07 Å². The standard InChI is InChI=1S/C16H20N2O2/c1-16-9-5-4-7-12(16)14(16)15(20)18-17-10-11-6-2-3-8-13(11)19/h2-3,6,8,10,12,14,19H,4-5,7,9H2,1H3,(H,18,20)/b17-10-/t12-,14-,16-/m0/s1. The maximum Gasteiger partial charge on any atom is 0.244 e. The van der Waals surface area contributed by atoms with E-state index in [0.29, 0.717) is 11.5 Å². The molecule has 3 atom stereocenters. The number of carbonyl (C=O) groups excluding carboxylic acids is 1. The van der Waals surface area contributed by atoms with Gasteiger partial charge in [-0.25, -0.2) is 5.43 Å². The lowest BCUT2D eigenvalue weighted by atomic mass is 9.90. The highest BCUT2D eigenvalue weighted by atomic mass is 16.3. The molecular weight excluding hydrogens is 252 g/mol. The second kappa shape index (κ2) is 4.93. The van der Waals surface area contributed by atoms with Crippen LogP contribution in [0.25, 0.3) is 0 Å². The average molecular weight is 272 g/mol. The quantitative estimate of drug-likeness (QED) is 0.656. The molecule has 2 aliphatic rings. The molecule has 2 aliphatic carbocycles. The minimum atomic E-state index is 0.0195. The molecule has 1 aromatic carbocycles. The van der Waals surface area contributed by atoms with Crippen molar-refractivity contribution in [2.75, 3.05) is 0 Å². The summed E-state index contributed by atoms with van der Waals surface area (Å²) in [6, 6.07) is 6.92. The Morgan fingerprint density at radius 3 is 2.95 bits per heavy atom. The number of carbonyl (C=O) groups is 1. The second-order valence-corrected chi connectivity index (χ2v) is 6.13. The molecular formula is C16H20N2O2. The first kappa shape index (κ1) is 13.2. The number of para-hydroxylation sites is 1. The van der Waals surface area contributed by atoms with Gasteiger partial charge in [0, 0.05) is 11.5 Å². The summed E-state index contributed by atoms with van der Waals surface area (Å²) >= 11 is 0. The molecule has 1 amide bonds.